The van der Waals surface area contributed by atoms with Crippen molar-refractivity contribution >= 4 is 11.6 Å². The van der Waals surface area contributed by atoms with E-state index in [0.717, 1.165) is 18.6 Å². The first-order valence-corrected chi connectivity index (χ1v) is 7.32. The number of fused-ring (bicyclic) bond motifs is 1. The van der Waals surface area contributed by atoms with E-state index in [-0.39, 0.29) is 5.56 Å². The summed E-state index contributed by atoms with van der Waals surface area (Å²) in [5.41, 5.74) is -0.521. The number of hydrogen-bond acceptors (Lipinski definition) is 3. The van der Waals surface area contributed by atoms with Gasteiger partial charge in [0.05, 0.1) is 18.8 Å². The van der Waals surface area contributed by atoms with Gasteiger partial charge in [-0.25, -0.2) is 0 Å². The number of nitrogens with one attached hydrogen (secondary N) is 1. The first-order valence-electron chi connectivity index (χ1n) is 7.32. The Balaban J connectivity index is 1.79. The van der Waals surface area contributed by atoms with Crippen LogP contribution < -0.4 is 14.8 Å². The molecule has 0 aromatic heterocycles. The molecule has 0 radical (unpaired) electrons. The van der Waals surface area contributed by atoms with E-state index < -0.39 is 17.6 Å². The summed E-state index contributed by atoms with van der Waals surface area (Å²) in [5.74, 6) is 0.439. The first kappa shape index (κ1) is 16.2. The van der Waals surface area contributed by atoms with E-state index in [1.54, 1.807) is 18.2 Å². The topological polar surface area (TPSA) is 47.6 Å². The predicted molar refractivity (Wildman–Crippen MR) is 81.4 cm³/mol. The molecule has 2 aromatic carbocycles. The van der Waals surface area contributed by atoms with Crippen LogP contribution in [0.1, 0.15) is 22.3 Å². The Kier molecular flexibility index (Phi) is 4.33. The van der Waals surface area contributed by atoms with Gasteiger partial charge in [0.2, 0.25) is 0 Å². The predicted octanol–water partition coefficient (Wildman–Crippen LogP) is 4.12. The van der Waals surface area contributed by atoms with Crippen LogP contribution in [0.3, 0.4) is 0 Å². The van der Waals surface area contributed by atoms with Gasteiger partial charge >= 0.3 is 6.18 Å². The van der Waals surface area contributed by atoms with E-state index in [2.05, 4.69) is 5.32 Å². The highest BCUT2D eigenvalue weighted by Crippen LogP contribution is 2.33. The summed E-state index contributed by atoms with van der Waals surface area (Å²) < 4.78 is 49.2. The molecular formula is C17H14F3NO3. The molecule has 1 heterocycles. The fourth-order valence-electron chi connectivity index (χ4n) is 2.28. The van der Waals surface area contributed by atoms with Crippen molar-refractivity contribution in [2.24, 2.45) is 0 Å². The standard InChI is InChI=1S/C17H14F3NO3/c18-17(19,20)12-4-1-3-11(9-12)16(22)21-13-5-6-14-15(10-13)24-8-2-7-23-14/h1,3-6,9-10H,2,7-8H2,(H,21,22). The second-order valence-electron chi connectivity index (χ2n) is 5.24. The number of benzene rings is 2. The van der Waals surface area contributed by atoms with Crippen molar-refractivity contribution in [1.82, 2.24) is 0 Å². The van der Waals surface area contributed by atoms with Crippen LogP contribution in [0.15, 0.2) is 42.5 Å². The quantitative estimate of drug-likeness (QED) is 0.897. The highest BCUT2D eigenvalue weighted by atomic mass is 19.4. The van der Waals surface area contributed by atoms with Gasteiger partial charge < -0.3 is 14.8 Å². The normalized spacial score (nSPS) is 14.0. The zero-order valence-electron chi connectivity index (χ0n) is 12.5. The number of hydrogen-bond donors (Lipinski definition) is 1. The van der Waals surface area contributed by atoms with Crippen LogP contribution in [-0.2, 0) is 6.18 Å². The lowest BCUT2D eigenvalue weighted by Gasteiger charge is -2.11. The average molecular weight is 337 g/mol. The minimum Gasteiger partial charge on any atom is -0.490 e. The molecule has 0 fully saturated rings. The fourth-order valence-corrected chi connectivity index (χ4v) is 2.28. The second-order valence-corrected chi connectivity index (χ2v) is 5.24. The molecule has 24 heavy (non-hydrogen) atoms. The van der Waals surface area contributed by atoms with Crippen molar-refractivity contribution < 1.29 is 27.4 Å². The SMILES string of the molecule is O=C(Nc1ccc2c(c1)OCCCO2)c1cccc(C(F)(F)F)c1. The molecule has 0 aliphatic carbocycles. The molecule has 0 bridgehead atoms. The zero-order valence-corrected chi connectivity index (χ0v) is 12.5. The molecule has 3 rings (SSSR count). The third kappa shape index (κ3) is 3.61. The minimum absolute atomic E-state index is 0.0723. The van der Waals surface area contributed by atoms with Crippen molar-refractivity contribution in [3.63, 3.8) is 0 Å². The molecule has 0 spiro atoms. The molecule has 7 heteroatoms. The van der Waals surface area contributed by atoms with Gasteiger partial charge in [-0.1, -0.05) is 6.07 Å². The van der Waals surface area contributed by atoms with Crippen LogP contribution >= 0.6 is 0 Å². The van der Waals surface area contributed by atoms with Gasteiger partial charge in [-0.3, -0.25) is 4.79 Å². The molecule has 1 aliphatic rings. The van der Waals surface area contributed by atoms with Gasteiger partial charge in [0.1, 0.15) is 0 Å². The number of ether oxygens (including phenoxy) is 2. The molecule has 1 aliphatic heterocycles. The molecule has 0 atom stereocenters. The molecular weight excluding hydrogens is 323 g/mol. The number of rotatable bonds is 2. The Hall–Kier alpha value is -2.70. The van der Waals surface area contributed by atoms with Crippen LogP contribution in [0.4, 0.5) is 18.9 Å². The van der Waals surface area contributed by atoms with Crippen molar-refractivity contribution in [3.05, 3.63) is 53.6 Å². The lowest BCUT2D eigenvalue weighted by Crippen LogP contribution is -2.14. The summed E-state index contributed by atoms with van der Waals surface area (Å²) >= 11 is 0. The van der Waals surface area contributed by atoms with Gasteiger partial charge in [-0.05, 0) is 30.3 Å². The van der Waals surface area contributed by atoms with Gasteiger partial charge in [0.15, 0.2) is 11.5 Å². The maximum absolute atomic E-state index is 12.7. The zero-order chi connectivity index (χ0) is 17.2. The molecule has 0 saturated carbocycles. The number of anilines is 1. The second kappa shape index (κ2) is 6.43. The van der Waals surface area contributed by atoms with E-state index in [9.17, 15) is 18.0 Å². The van der Waals surface area contributed by atoms with E-state index in [1.807, 2.05) is 0 Å². The van der Waals surface area contributed by atoms with Gasteiger partial charge in [0, 0.05) is 23.7 Å². The van der Waals surface area contributed by atoms with Gasteiger partial charge in [-0.2, -0.15) is 13.2 Å². The Morgan fingerprint density at radius 1 is 1.00 bits per heavy atom. The third-order valence-corrected chi connectivity index (χ3v) is 3.46. The molecule has 4 nitrogen and oxygen atoms in total. The highest BCUT2D eigenvalue weighted by Gasteiger charge is 2.30. The van der Waals surface area contributed by atoms with Gasteiger partial charge in [0.25, 0.3) is 5.91 Å². The lowest BCUT2D eigenvalue weighted by molar-refractivity contribution is -0.137. The maximum Gasteiger partial charge on any atom is 0.416 e. The Bertz CT molecular complexity index is 759. The summed E-state index contributed by atoms with van der Waals surface area (Å²) in [4.78, 5) is 12.2. The Morgan fingerprint density at radius 2 is 1.75 bits per heavy atom. The lowest BCUT2D eigenvalue weighted by atomic mass is 10.1. The number of carbonyl (C=O) groups excluding carboxylic acids is 1. The number of amides is 1. The highest BCUT2D eigenvalue weighted by molar-refractivity contribution is 6.04. The first-order chi connectivity index (χ1) is 11.4. The number of alkyl halides is 3. The summed E-state index contributed by atoms with van der Waals surface area (Å²) in [6.07, 6.45) is -3.74. The molecule has 1 amide bonds. The van der Waals surface area contributed by atoms with E-state index >= 15 is 0 Å². The van der Waals surface area contributed by atoms with Crippen LogP contribution in [0, 0.1) is 0 Å². The van der Waals surface area contributed by atoms with Crippen molar-refractivity contribution in [2.45, 2.75) is 12.6 Å². The monoisotopic (exact) mass is 337 g/mol. The van der Waals surface area contributed by atoms with Crippen molar-refractivity contribution in [2.75, 3.05) is 18.5 Å². The van der Waals surface area contributed by atoms with Crippen LogP contribution in [0.25, 0.3) is 0 Å². The molecule has 0 unspecified atom stereocenters. The van der Waals surface area contributed by atoms with E-state index in [1.165, 1.54) is 12.1 Å². The minimum atomic E-state index is -4.49. The largest absolute Gasteiger partial charge is 0.490 e. The van der Waals surface area contributed by atoms with Crippen LogP contribution in [0.5, 0.6) is 11.5 Å². The average Bonchev–Trinajstić information content (AvgIpc) is 2.79. The summed E-state index contributed by atoms with van der Waals surface area (Å²) in [7, 11) is 0. The number of carbonyl (C=O) groups is 1. The van der Waals surface area contributed by atoms with Crippen molar-refractivity contribution in [1.29, 1.82) is 0 Å². The summed E-state index contributed by atoms with van der Waals surface area (Å²) in [5, 5.41) is 2.57. The smallest absolute Gasteiger partial charge is 0.416 e. The van der Waals surface area contributed by atoms with Crippen LogP contribution in [-0.4, -0.2) is 19.1 Å². The molecule has 0 saturated heterocycles. The summed E-state index contributed by atoms with van der Waals surface area (Å²) in [6, 6.07) is 9.12. The van der Waals surface area contributed by atoms with Crippen LogP contribution in [0.2, 0.25) is 0 Å². The van der Waals surface area contributed by atoms with Gasteiger partial charge in [-0.15, -0.1) is 0 Å². The van der Waals surface area contributed by atoms with Crippen molar-refractivity contribution in [3.8, 4) is 11.5 Å². The Morgan fingerprint density at radius 3 is 2.50 bits per heavy atom. The van der Waals surface area contributed by atoms with E-state index in [4.69, 9.17) is 9.47 Å². The third-order valence-electron chi connectivity index (χ3n) is 3.46. The summed E-state index contributed by atoms with van der Waals surface area (Å²) in [6.45, 7) is 1.04. The molecule has 1 N–H and O–H groups in total. The maximum atomic E-state index is 12.7. The fraction of sp³-hybridized carbons (Fsp3) is 0.235. The Labute approximate surface area is 136 Å². The number of halogens is 3. The van der Waals surface area contributed by atoms with E-state index in [0.29, 0.717) is 30.4 Å². The molecule has 126 valence electrons. The molecule has 2 aromatic rings.